The standard InChI is InChI=1S/C18H30N2O4S/c1-12(2)25(22)17(13(3)11-19)18(21)20-9-8-14-6-7-15(23-4)16(10-14)24-5/h6-7,10,12-13,17H,8-9,11,19H2,1-5H3,(H,20,21). The minimum absolute atomic E-state index is 0.0874. The fraction of sp³-hybridized carbons (Fsp3) is 0.611. The molecule has 0 aromatic heterocycles. The topological polar surface area (TPSA) is 96.6 Å². The quantitative estimate of drug-likeness (QED) is 0.608. The number of rotatable bonds is 10. The van der Waals surface area contributed by atoms with E-state index in [0.717, 1.165) is 5.56 Å². The Balaban J connectivity index is 2.68. The molecule has 0 heterocycles. The molecule has 0 spiro atoms. The smallest absolute Gasteiger partial charge is 0.273 e. The van der Waals surface area contributed by atoms with E-state index in [4.69, 9.17) is 15.2 Å². The molecule has 3 unspecified atom stereocenters. The van der Waals surface area contributed by atoms with Gasteiger partial charge in [-0.2, -0.15) is 0 Å². The number of hydrogen-bond donors (Lipinski definition) is 2. The van der Waals surface area contributed by atoms with Gasteiger partial charge in [-0.1, -0.05) is 13.0 Å². The Kier molecular flexibility index (Phi) is 9.10. The number of nitrogens with one attached hydrogen (secondary N) is 1. The average molecular weight is 371 g/mol. The number of carbonyl (C=O) groups excluding carboxylic acids is 1. The zero-order valence-electron chi connectivity index (χ0n) is 15.7. The summed E-state index contributed by atoms with van der Waals surface area (Å²) in [6.45, 7) is 6.34. The summed E-state index contributed by atoms with van der Waals surface area (Å²) in [6, 6.07) is 5.65. The Morgan fingerprint density at radius 3 is 2.40 bits per heavy atom. The van der Waals surface area contributed by atoms with Crippen molar-refractivity contribution in [3.63, 3.8) is 0 Å². The Morgan fingerprint density at radius 1 is 1.24 bits per heavy atom. The molecule has 3 N–H and O–H groups in total. The lowest BCUT2D eigenvalue weighted by atomic mass is 10.1. The highest BCUT2D eigenvalue weighted by Crippen LogP contribution is 2.27. The second kappa shape index (κ2) is 10.5. The number of nitrogens with two attached hydrogens (primary N) is 1. The molecule has 3 atom stereocenters. The summed E-state index contributed by atoms with van der Waals surface area (Å²) in [5.41, 5.74) is 6.71. The first-order valence-electron chi connectivity index (χ1n) is 8.43. The van der Waals surface area contributed by atoms with Crippen molar-refractivity contribution < 1.29 is 18.8 Å². The highest BCUT2D eigenvalue weighted by molar-refractivity contribution is 7.93. The van der Waals surface area contributed by atoms with E-state index in [9.17, 15) is 9.35 Å². The summed E-state index contributed by atoms with van der Waals surface area (Å²) in [4.78, 5) is 12.5. The number of hydrogen-bond acceptors (Lipinski definition) is 5. The van der Waals surface area contributed by atoms with Gasteiger partial charge in [0.05, 0.1) is 14.2 Å². The van der Waals surface area contributed by atoms with Gasteiger partial charge in [-0.05, 0) is 49.1 Å². The van der Waals surface area contributed by atoms with Gasteiger partial charge in [0.15, 0.2) is 16.7 Å². The lowest BCUT2D eigenvalue weighted by Crippen LogP contribution is -2.48. The lowest BCUT2D eigenvalue weighted by molar-refractivity contribution is -0.121. The molecule has 6 nitrogen and oxygen atoms in total. The molecule has 0 fully saturated rings. The molecule has 1 aromatic rings. The maximum absolute atomic E-state index is 12.5. The van der Waals surface area contributed by atoms with Crippen LogP contribution in [0.25, 0.3) is 0 Å². The molecule has 0 bridgehead atoms. The monoisotopic (exact) mass is 370 g/mol. The number of ether oxygens (including phenoxy) is 2. The van der Waals surface area contributed by atoms with Crippen molar-refractivity contribution >= 4 is 17.1 Å². The third-order valence-corrected chi connectivity index (χ3v) is 6.13. The van der Waals surface area contributed by atoms with Crippen molar-refractivity contribution in [3.8, 4) is 11.5 Å². The Hall–Kier alpha value is -1.44. The molecule has 1 aromatic carbocycles. The SMILES string of the molecule is COc1ccc(CCNC(=O)C(C(C)CN)[S+]([O-])C(C)C)cc1OC. The van der Waals surface area contributed by atoms with E-state index in [-0.39, 0.29) is 17.1 Å². The second-order valence-electron chi connectivity index (χ2n) is 6.24. The van der Waals surface area contributed by atoms with Crippen molar-refractivity contribution in [2.45, 2.75) is 37.7 Å². The number of amides is 1. The van der Waals surface area contributed by atoms with Crippen molar-refractivity contribution in [2.75, 3.05) is 27.3 Å². The Morgan fingerprint density at radius 2 is 1.88 bits per heavy atom. The van der Waals surface area contributed by atoms with Gasteiger partial charge in [0.1, 0.15) is 5.25 Å². The van der Waals surface area contributed by atoms with E-state index in [2.05, 4.69) is 5.32 Å². The van der Waals surface area contributed by atoms with Gasteiger partial charge in [0.2, 0.25) is 0 Å². The normalized spacial score (nSPS) is 14.7. The predicted molar refractivity (Wildman–Crippen MR) is 102 cm³/mol. The molecule has 142 valence electrons. The zero-order chi connectivity index (χ0) is 19.0. The van der Waals surface area contributed by atoms with Crippen LogP contribution in [-0.2, 0) is 22.4 Å². The minimum atomic E-state index is -1.26. The van der Waals surface area contributed by atoms with Crippen LogP contribution in [0, 0.1) is 5.92 Å². The van der Waals surface area contributed by atoms with Gasteiger partial charge in [0, 0.05) is 19.0 Å². The van der Waals surface area contributed by atoms with Gasteiger partial charge in [0.25, 0.3) is 5.91 Å². The molecular formula is C18H30N2O4S. The molecule has 0 radical (unpaired) electrons. The maximum atomic E-state index is 12.5. The number of benzene rings is 1. The summed E-state index contributed by atoms with van der Waals surface area (Å²) in [6.07, 6.45) is 0.643. The first-order valence-corrected chi connectivity index (χ1v) is 9.71. The molecule has 25 heavy (non-hydrogen) atoms. The molecular weight excluding hydrogens is 340 g/mol. The molecule has 1 rings (SSSR count). The van der Waals surface area contributed by atoms with Gasteiger partial charge < -0.3 is 25.1 Å². The third-order valence-electron chi connectivity index (χ3n) is 4.02. The summed E-state index contributed by atoms with van der Waals surface area (Å²) in [5.74, 6) is 0.982. The Bertz CT molecular complexity index is 554. The van der Waals surface area contributed by atoms with Crippen molar-refractivity contribution in [2.24, 2.45) is 11.7 Å². The fourth-order valence-electron chi connectivity index (χ4n) is 2.48. The van der Waals surface area contributed by atoms with Crippen LogP contribution in [0.2, 0.25) is 0 Å². The third kappa shape index (κ3) is 6.09. The van der Waals surface area contributed by atoms with Crippen molar-refractivity contribution in [1.29, 1.82) is 0 Å². The zero-order valence-corrected chi connectivity index (χ0v) is 16.5. The summed E-state index contributed by atoms with van der Waals surface area (Å²) in [5, 5.41) is 2.21. The highest BCUT2D eigenvalue weighted by Gasteiger charge is 2.36. The molecule has 0 saturated heterocycles. The summed E-state index contributed by atoms with van der Waals surface area (Å²) >= 11 is -1.26. The van der Waals surface area contributed by atoms with E-state index >= 15 is 0 Å². The van der Waals surface area contributed by atoms with Gasteiger partial charge in [-0.3, -0.25) is 4.79 Å². The molecule has 0 aliphatic carbocycles. The largest absolute Gasteiger partial charge is 0.616 e. The van der Waals surface area contributed by atoms with Crippen LogP contribution < -0.4 is 20.5 Å². The van der Waals surface area contributed by atoms with Crippen LogP contribution in [0.1, 0.15) is 26.3 Å². The van der Waals surface area contributed by atoms with Crippen LogP contribution in [0.5, 0.6) is 11.5 Å². The van der Waals surface area contributed by atoms with E-state index in [1.807, 2.05) is 39.0 Å². The maximum Gasteiger partial charge on any atom is 0.273 e. The lowest BCUT2D eigenvalue weighted by Gasteiger charge is -2.27. The average Bonchev–Trinajstić information content (AvgIpc) is 2.61. The van der Waals surface area contributed by atoms with Crippen LogP contribution in [0.3, 0.4) is 0 Å². The predicted octanol–water partition coefficient (Wildman–Crippen LogP) is 1.48. The van der Waals surface area contributed by atoms with Crippen LogP contribution >= 0.6 is 0 Å². The van der Waals surface area contributed by atoms with E-state index in [1.54, 1.807) is 14.2 Å². The first kappa shape index (κ1) is 21.6. The molecule has 0 saturated carbocycles. The van der Waals surface area contributed by atoms with Crippen LogP contribution in [-0.4, -0.2) is 48.3 Å². The Labute approximate surface area is 153 Å². The second-order valence-corrected chi connectivity index (χ2v) is 8.35. The molecule has 7 heteroatoms. The van der Waals surface area contributed by atoms with E-state index < -0.39 is 16.4 Å². The van der Waals surface area contributed by atoms with Crippen LogP contribution in [0.15, 0.2) is 18.2 Å². The van der Waals surface area contributed by atoms with Crippen LogP contribution in [0.4, 0.5) is 0 Å². The van der Waals surface area contributed by atoms with E-state index in [1.165, 1.54) is 0 Å². The fourth-order valence-corrected chi connectivity index (χ4v) is 3.93. The number of carbonyl (C=O) groups is 1. The molecule has 0 aliphatic heterocycles. The van der Waals surface area contributed by atoms with E-state index in [0.29, 0.717) is 31.0 Å². The number of methoxy groups -OCH3 is 2. The van der Waals surface area contributed by atoms with Crippen molar-refractivity contribution in [1.82, 2.24) is 5.32 Å². The van der Waals surface area contributed by atoms with Gasteiger partial charge >= 0.3 is 0 Å². The minimum Gasteiger partial charge on any atom is -0.616 e. The van der Waals surface area contributed by atoms with Crippen molar-refractivity contribution in [3.05, 3.63) is 23.8 Å². The van der Waals surface area contributed by atoms with Gasteiger partial charge in [-0.15, -0.1) is 0 Å². The summed E-state index contributed by atoms with van der Waals surface area (Å²) < 4.78 is 22.9. The molecule has 0 aliphatic rings. The first-order chi connectivity index (χ1) is 11.8. The summed E-state index contributed by atoms with van der Waals surface area (Å²) in [7, 11) is 3.18. The molecule has 1 amide bonds. The highest BCUT2D eigenvalue weighted by atomic mass is 32.2. The van der Waals surface area contributed by atoms with Gasteiger partial charge in [-0.25, -0.2) is 0 Å².